The smallest absolute Gasteiger partial charge is 0.405 e. The lowest BCUT2D eigenvalue weighted by Crippen LogP contribution is -2.39. The number of rotatable bonds is 2. The van der Waals surface area contributed by atoms with Crippen LogP contribution in [-0.4, -0.2) is 36.6 Å². The topological polar surface area (TPSA) is 72.6 Å². The number of aryl methyl sites for hydroxylation is 2. The summed E-state index contributed by atoms with van der Waals surface area (Å²) in [6.07, 6.45) is 2.80. The molecular formula is C23H24N2O3. The molecule has 0 saturated carbocycles. The van der Waals surface area contributed by atoms with Gasteiger partial charge in [-0.05, 0) is 53.5 Å². The van der Waals surface area contributed by atoms with Crippen LogP contribution in [0.1, 0.15) is 35.1 Å². The molecule has 0 unspecified atom stereocenters. The lowest BCUT2D eigenvalue weighted by atomic mass is 9.86. The number of likely N-dealkylation sites (tertiary alicyclic amines) is 1. The third kappa shape index (κ3) is 3.65. The Morgan fingerprint density at radius 1 is 0.857 bits per heavy atom. The van der Waals surface area contributed by atoms with Crippen molar-refractivity contribution in [2.75, 3.05) is 19.7 Å². The standard InChI is InChI=1S/C23H24N2O3/c24-23(27)28-15-21(26)25-13-11-18(12-14-25)22-19-7-3-1-5-16(19)9-10-17-6-2-4-8-20(17)22/h1-8H,9-15H2,(H2,24,27). The van der Waals surface area contributed by atoms with Gasteiger partial charge in [0.15, 0.2) is 6.61 Å². The van der Waals surface area contributed by atoms with E-state index in [1.807, 2.05) is 0 Å². The second kappa shape index (κ2) is 7.89. The van der Waals surface area contributed by atoms with Gasteiger partial charge in [-0.15, -0.1) is 0 Å². The van der Waals surface area contributed by atoms with Crippen LogP contribution in [0, 0.1) is 0 Å². The lowest BCUT2D eigenvalue weighted by molar-refractivity contribution is -0.134. The molecule has 4 rings (SSSR count). The Morgan fingerprint density at radius 3 is 1.93 bits per heavy atom. The highest BCUT2D eigenvalue weighted by Crippen LogP contribution is 2.38. The predicted octanol–water partition coefficient (Wildman–Crippen LogP) is 3.30. The van der Waals surface area contributed by atoms with Gasteiger partial charge in [0.1, 0.15) is 0 Å². The maximum atomic E-state index is 12.2. The fourth-order valence-corrected chi connectivity index (χ4v) is 4.26. The molecule has 28 heavy (non-hydrogen) atoms. The van der Waals surface area contributed by atoms with E-state index in [1.54, 1.807) is 4.90 Å². The minimum Gasteiger partial charge on any atom is -0.440 e. The molecule has 5 nitrogen and oxygen atoms in total. The van der Waals surface area contributed by atoms with Crippen molar-refractivity contribution in [1.82, 2.24) is 4.90 Å². The zero-order valence-electron chi connectivity index (χ0n) is 15.8. The number of primary amides is 1. The molecule has 1 aliphatic heterocycles. The summed E-state index contributed by atoms with van der Waals surface area (Å²) in [7, 11) is 0. The van der Waals surface area contributed by atoms with Crippen molar-refractivity contribution >= 4 is 17.6 Å². The Kier molecular flexibility index (Phi) is 5.15. The largest absolute Gasteiger partial charge is 0.440 e. The van der Waals surface area contributed by atoms with E-state index in [1.165, 1.54) is 33.4 Å². The van der Waals surface area contributed by atoms with E-state index in [0.29, 0.717) is 13.1 Å². The van der Waals surface area contributed by atoms with Crippen LogP contribution < -0.4 is 5.73 Å². The number of hydrogen-bond acceptors (Lipinski definition) is 3. The highest BCUT2D eigenvalue weighted by molar-refractivity contribution is 5.86. The summed E-state index contributed by atoms with van der Waals surface area (Å²) in [6.45, 7) is 0.973. The number of benzene rings is 2. The third-order valence-corrected chi connectivity index (χ3v) is 5.65. The number of nitrogens with zero attached hydrogens (tertiary/aromatic N) is 1. The molecule has 2 aromatic rings. The molecule has 2 aromatic carbocycles. The van der Waals surface area contributed by atoms with Crippen molar-refractivity contribution in [2.45, 2.75) is 25.7 Å². The highest BCUT2D eigenvalue weighted by atomic mass is 16.5. The second-order valence-corrected chi connectivity index (χ2v) is 7.28. The first-order valence-electron chi connectivity index (χ1n) is 9.72. The van der Waals surface area contributed by atoms with E-state index in [0.717, 1.165) is 25.7 Å². The van der Waals surface area contributed by atoms with Gasteiger partial charge in [-0.25, -0.2) is 4.79 Å². The Morgan fingerprint density at radius 2 is 1.39 bits per heavy atom. The molecule has 0 atom stereocenters. The molecule has 0 spiro atoms. The molecule has 2 amide bonds. The van der Waals surface area contributed by atoms with Gasteiger partial charge in [0.05, 0.1) is 0 Å². The van der Waals surface area contributed by atoms with E-state index in [2.05, 4.69) is 53.3 Å². The summed E-state index contributed by atoms with van der Waals surface area (Å²) in [6, 6.07) is 17.3. The highest BCUT2D eigenvalue weighted by Gasteiger charge is 2.25. The number of piperidine rings is 1. The molecule has 0 bridgehead atoms. The number of ether oxygens (including phenoxy) is 1. The number of carbonyl (C=O) groups excluding carboxylic acids is 2. The molecule has 5 heteroatoms. The van der Waals surface area contributed by atoms with Gasteiger partial charge in [0, 0.05) is 13.1 Å². The molecule has 0 aromatic heterocycles. The Labute approximate surface area is 164 Å². The number of carbonyl (C=O) groups is 2. The summed E-state index contributed by atoms with van der Waals surface area (Å²) in [5.74, 6) is -0.190. The molecule has 1 saturated heterocycles. The summed E-state index contributed by atoms with van der Waals surface area (Å²) in [5, 5.41) is 0. The van der Waals surface area contributed by atoms with Crippen LogP contribution in [0.5, 0.6) is 0 Å². The number of amides is 2. The van der Waals surface area contributed by atoms with Crippen LogP contribution in [-0.2, 0) is 22.4 Å². The molecule has 1 heterocycles. The van der Waals surface area contributed by atoms with Crippen LogP contribution >= 0.6 is 0 Å². The number of hydrogen-bond donors (Lipinski definition) is 1. The van der Waals surface area contributed by atoms with E-state index in [9.17, 15) is 9.59 Å². The molecule has 0 radical (unpaired) electrons. The summed E-state index contributed by atoms with van der Waals surface area (Å²) in [5.41, 5.74) is 13.1. The third-order valence-electron chi connectivity index (χ3n) is 5.65. The number of nitrogens with two attached hydrogens (primary N) is 1. The first-order valence-corrected chi connectivity index (χ1v) is 9.72. The van der Waals surface area contributed by atoms with Crippen LogP contribution in [0.3, 0.4) is 0 Å². The van der Waals surface area contributed by atoms with Gasteiger partial charge in [-0.1, -0.05) is 54.1 Å². The molecule has 1 aliphatic carbocycles. The Bertz CT molecular complexity index is 889. The zero-order valence-corrected chi connectivity index (χ0v) is 15.8. The Balaban J connectivity index is 1.64. The molecule has 144 valence electrons. The molecule has 1 fully saturated rings. The van der Waals surface area contributed by atoms with Crippen LogP contribution in [0.4, 0.5) is 4.79 Å². The van der Waals surface area contributed by atoms with E-state index in [4.69, 9.17) is 5.73 Å². The van der Waals surface area contributed by atoms with Gasteiger partial charge < -0.3 is 15.4 Å². The monoisotopic (exact) mass is 376 g/mol. The average Bonchev–Trinajstić information content (AvgIpc) is 2.89. The lowest BCUT2D eigenvalue weighted by Gasteiger charge is -2.30. The van der Waals surface area contributed by atoms with Crippen molar-refractivity contribution < 1.29 is 14.3 Å². The zero-order chi connectivity index (χ0) is 19.5. The van der Waals surface area contributed by atoms with Crippen molar-refractivity contribution in [2.24, 2.45) is 5.73 Å². The van der Waals surface area contributed by atoms with Gasteiger partial charge in [-0.3, -0.25) is 4.79 Å². The molecule has 2 N–H and O–H groups in total. The minimum absolute atomic E-state index is 0.190. The van der Waals surface area contributed by atoms with Gasteiger partial charge in [0.2, 0.25) is 0 Å². The maximum Gasteiger partial charge on any atom is 0.405 e. The summed E-state index contributed by atoms with van der Waals surface area (Å²) < 4.78 is 4.65. The van der Waals surface area contributed by atoms with E-state index in [-0.39, 0.29) is 12.5 Å². The van der Waals surface area contributed by atoms with Crippen molar-refractivity contribution in [3.05, 3.63) is 76.4 Å². The van der Waals surface area contributed by atoms with Crippen LogP contribution in [0.25, 0.3) is 5.57 Å². The van der Waals surface area contributed by atoms with E-state index >= 15 is 0 Å². The SMILES string of the molecule is NC(=O)OCC(=O)N1CCC(=C2c3ccccc3CCc3ccccc32)CC1. The summed E-state index contributed by atoms with van der Waals surface area (Å²) in [4.78, 5) is 24.7. The van der Waals surface area contributed by atoms with Crippen molar-refractivity contribution in [1.29, 1.82) is 0 Å². The minimum atomic E-state index is -0.917. The molecule has 2 aliphatic rings. The first-order chi connectivity index (χ1) is 13.6. The van der Waals surface area contributed by atoms with E-state index < -0.39 is 6.09 Å². The van der Waals surface area contributed by atoms with Crippen LogP contribution in [0.2, 0.25) is 0 Å². The predicted molar refractivity (Wildman–Crippen MR) is 108 cm³/mol. The second-order valence-electron chi connectivity index (χ2n) is 7.28. The van der Waals surface area contributed by atoms with Crippen molar-refractivity contribution in [3.8, 4) is 0 Å². The molecular weight excluding hydrogens is 352 g/mol. The van der Waals surface area contributed by atoms with Crippen molar-refractivity contribution in [3.63, 3.8) is 0 Å². The Hall–Kier alpha value is -3.08. The number of fused-ring (bicyclic) bond motifs is 2. The van der Waals surface area contributed by atoms with Gasteiger partial charge >= 0.3 is 6.09 Å². The van der Waals surface area contributed by atoms with Crippen LogP contribution in [0.15, 0.2) is 54.1 Å². The quantitative estimate of drug-likeness (QED) is 0.874. The van der Waals surface area contributed by atoms with Gasteiger partial charge in [0.25, 0.3) is 5.91 Å². The normalized spacial score (nSPS) is 16.1. The maximum absolute atomic E-state index is 12.2. The first kappa shape index (κ1) is 18.3. The van der Waals surface area contributed by atoms with Gasteiger partial charge in [-0.2, -0.15) is 0 Å². The summed E-state index contributed by atoms with van der Waals surface area (Å²) >= 11 is 0. The fraction of sp³-hybridized carbons (Fsp3) is 0.304. The average molecular weight is 376 g/mol. The fourth-order valence-electron chi connectivity index (χ4n) is 4.26.